The van der Waals surface area contributed by atoms with Crippen molar-refractivity contribution >= 4 is 23.8 Å². The highest BCUT2D eigenvalue weighted by Crippen LogP contribution is 2.36. The fourth-order valence-corrected chi connectivity index (χ4v) is 3.45. The van der Waals surface area contributed by atoms with Crippen LogP contribution in [-0.2, 0) is 4.79 Å². The fourth-order valence-electron chi connectivity index (χ4n) is 3.45. The number of amides is 1. The van der Waals surface area contributed by atoms with Gasteiger partial charge in [0.15, 0.2) is 0 Å². The van der Waals surface area contributed by atoms with E-state index in [0.717, 1.165) is 11.6 Å². The number of aromatic carboxylic acids is 2. The summed E-state index contributed by atoms with van der Waals surface area (Å²) in [5.74, 6) is -4.19. The largest absolute Gasteiger partial charge is 0.481 e. The SMILES string of the molecule is O=C(O)c1cccc(C(=O)O)c1.O=C1NC(c2ccccc2)C(C(=O)O)c2ccccc21. The summed E-state index contributed by atoms with van der Waals surface area (Å²) in [5, 5.41) is 29.3. The van der Waals surface area contributed by atoms with Gasteiger partial charge >= 0.3 is 17.9 Å². The quantitative estimate of drug-likeness (QED) is 0.494. The number of carboxylic acid groups (broad SMARTS) is 3. The number of hydrogen-bond acceptors (Lipinski definition) is 4. The first-order valence-electron chi connectivity index (χ1n) is 9.53. The van der Waals surface area contributed by atoms with Gasteiger partial charge in [0.1, 0.15) is 5.92 Å². The zero-order chi connectivity index (χ0) is 23.3. The molecule has 4 rings (SSSR count). The fraction of sp³-hybridized carbons (Fsp3) is 0.0833. The molecule has 0 saturated heterocycles. The lowest BCUT2D eigenvalue weighted by atomic mass is 9.81. The maximum absolute atomic E-state index is 12.1. The molecule has 3 aromatic rings. The summed E-state index contributed by atoms with van der Waals surface area (Å²) < 4.78 is 0. The average Bonchev–Trinajstić information content (AvgIpc) is 2.80. The minimum atomic E-state index is -1.13. The van der Waals surface area contributed by atoms with Crippen LogP contribution in [-0.4, -0.2) is 39.1 Å². The molecule has 1 aliphatic heterocycles. The standard InChI is InChI=1S/C16H13NO3.C8H6O4/c18-15-12-9-5-4-8-11(12)13(16(19)20)14(17-15)10-6-2-1-3-7-10;9-7(10)5-2-1-3-6(4-5)8(11)12/h1-9,13-14H,(H,17,18)(H,19,20);1-4H,(H,9,10)(H,11,12). The van der Waals surface area contributed by atoms with Crippen LogP contribution in [0.15, 0.2) is 78.9 Å². The Morgan fingerprint density at radius 2 is 1.28 bits per heavy atom. The molecule has 0 radical (unpaired) electrons. The van der Waals surface area contributed by atoms with Gasteiger partial charge in [-0.3, -0.25) is 9.59 Å². The highest BCUT2D eigenvalue weighted by molar-refractivity contribution is 6.00. The van der Waals surface area contributed by atoms with E-state index in [9.17, 15) is 24.3 Å². The van der Waals surface area contributed by atoms with E-state index in [0.29, 0.717) is 11.1 Å². The van der Waals surface area contributed by atoms with Gasteiger partial charge in [-0.1, -0.05) is 54.6 Å². The first-order valence-corrected chi connectivity index (χ1v) is 9.53. The molecular weight excluding hydrogens is 414 g/mol. The van der Waals surface area contributed by atoms with Crippen molar-refractivity contribution in [3.8, 4) is 0 Å². The maximum Gasteiger partial charge on any atom is 0.335 e. The molecule has 1 amide bonds. The molecule has 162 valence electrons. The minimum Gasteiger partial charge on any atom is -0.481 e. The van der Waals surface area contributed by atoms with Crippen LogP contribution in [0.3, 0.4) is 0 Å². The third-order valence-electron chi connectivity index (χ3n) is 4.94. The normalized spacial score (nSPS) is 16.6. The molecule has 0 spiro atoms. The van der Waals surface area contributed by atoms with E-state index in [4.69, 9.17) is 10.2 Å². The van der Waals surface area contributed by atoms with E-state index < -0.39 is 29.9 Å². The Labute approximate surface area is 182 Å². The van der Waals surface area contributed by atoms with Gasteiger partial charge in [0.05, 0.1) is 17.2 Å². The van der Waals surface area contributed by atoms with Gasteiger partial charge in [-0.15, -0.1) is 0 Å². The summed E-state index contributed by atoms with van der Waals surface area (Å²) in [7, 11) is 0. The molecule has 8 heteroatoms. The predicted octanol–water partition coefficient (Wildman–Crippen LogP) is 3.42. The highest BCUT2D eigenvalue weighted by atomic mass is 16.4. The average molecular weight is 433 g/mol. The molecule has 8 nitrogen and oxygen atoms in total. The van der Waals surface area contributed by atoms with Crippen LogP contribution in [0.5, 0.6) is 0 Å². The van der Waals surface area contributed by atoms with E-state index in [1.54, 1.807) is 24.3 Å². The molecule has 1 aliphatic rings. The van der Waals surface area contributed by atoms with E-state index in [-0.39, 0.29) is 17.0 Å². The summed E-state index contributed by atoms with van der Waals surface area (Å²) in [4.78, 5) is 44.6. The molecule has 3 aromatic carbocycles. The van der Waals surface area contributed by atoms with Gasteiger partial charge in [0, 0.05) is 5.56 Å². The topological polar surface area (TPSA) is 141 Å². The lowest BCUT2D eigenvalue weighted by molar-refractivity contribution is -0.139. The minimum absolute atomic E-state index is 0.0186. The molecule has 4 N–H and O–H groups in total. The van der Waals surface area contributed by atoms with Gasteiger partial charge < -0.3 is 20.6 Å². The van der Waals surface area contributed by atoms with E-state index >= 15 is 0 Å². The number of hydrogen-bond donors (Lipinski definition) is 4. The first kappa shape index (κ1) is 22.2. The Balaban J connectivity index is 0.000000207. The Kier molecular flexibility index (Phi) is 6.65. The summed E-state index contributed by atoms with van der Waals surface area (Å²) in [5.41, 5.74) is 1.76. The monoisotopic (exact) mass is 433 g/mol. The molecule has 2 atom stereocenters. The van der Waals surface area contributed by atoms with Gasteiger partial charge in [0.25, 0.3) is 5.91 Å². The Hall–Kier alpha value is -4.46. The smallest absolute Gasteiger partial charge is 0.335 e. The lowest BCUT2D eigenvalue weighted by Crippen LogP contribution is -2.41. The second kappa shape index (κ2) is 9.57. The van der Waals surface area contributed by atoms with Crippen molar-refractivity contribution in [2.24, 2.45) is 0 Å². The number of nitrogens with one attached hydrogen (secondary N) is 1. The number of rotatable bonds is 4. The van der Waals surface area contributed by atoms with Gasteiger partial charge in [-0.2, -0.15) is 0 Å². The van der Waals surface area contributed by atoms with Gasteiger partial charge in [0.2, 0.25) is 0 Å². The summed E-state index contributed by atoms with van der Waals surface area (Å²) in [6.07, 6.45) is 0. The molecule has 1 heterocycles. The third kappa shape index (κ3) is 4.81. The number of carbonyl (C=O) groups is 4. The van der Waals surface area contributed by atoms with Crippen molar-refractivity contribution in [3.63, 3.8) is 0 Å². The predicted molar refractivity (Wildman–Crippen MR) is 114 cm³/mol. The molecular formula is C24H19NO7. The number of aliphatic carboxylic acids is 1. The van der Waals surface area contributed by atoms with Crippen LogP contribution in [0.4, 0.5) is 0 Å². The highest BCUT2D eigenvalue weighted by Gasteiger charge is 2.38. The molecule has 0 bridgehead atoms. The van der Waals surface area contributed by atoms with Crippen molar-refractivity contribution in [2.75, 3.05) is 0 Å². The van der Waals surface area contributed by atoms with Crippen LogP contribution in [0.1, 0.15) is 54.2 Å². The maximum atomic E-state index is 12.1. The Morgan fingerprint density at radius 1 is 0.719 bits per heavy atom. The Bertz CT molecular complexity index is 1140. The van der Waals surface area contributed by atoms with Crippen molar-refractivity contribution < 1.29 is 34.5 Å². The lowest BCUT2D eigenvalue weighted by Gasteiger charge is -2.31. The number of carbonyl (C=O) groups excluding carboxylic acids is 1. The molecule has 0 aromatic heterocycles. The molecule has 2 unspecified atom stereocenters. The molecule has 0 fully saturated rings. The molecule has 0 saturated carbocycles. The van der Waals surface area contributed by atoms with Crippen LogP contribution in [0.25, 0.3) is 0 Å². The summed E-state index contributed by atoms with van der Waals surface area (Å²) in [6.45, 7) is 0. The van der Waals surface area contributed by atoms with Crippen LogP contribution >= 0.6 is 0 Å². The van der Waals surface area contributed by atoms with Gasteiger partial charge in [-0.05, 0) is 35.4 Å². The van der Waals surface area contributed by atoms with E-state index in [1.807, 2.05) is 30.3 Å². The number of benzene rings is 3. The zero-order valence-corrected chi connectivity index (χ0v) is 16.6. The van der Waals surface area contributed by atoms with Crippen LogP contribution in [0, 0.1) is 0 Å². The Morgan fingerprint density at radius 3 is 1.84 bits per heavy atom. The first-order chi connectivity index (χ1) is 15.3. The van der Waals surface area contributed by atoms with Crippen molar-refractivity contribution in [1.29, 1.82) is 0 Å². The van der Waals surface area contributed by atoms with Crippen LogP contribution < -0.4 is 5.32 Å². The third-order valence-corrected chi connectivity index (χ3v) is 4.94. The zero-order valence-electron chi connectivity index (χ0n) is 16.6. The number of fused-ring (bicyclic) bond motifs is 1. The van der Waals surface area contributed by atoms with Crippen molar-refractivity contribution in [3.05, 3.63) is 107 Å². The second-order valence-electron chi connectivity index (χ2n) is 6.96. The second-order valence-corrected chi connectivity index (χ2v) is 6.96. The molecule has 0 aliphatic carbocycles. The van der Waals surface area contributed by atoms with E-state index in [2.05, 4.69) is 5.32 Å². The van der Waals surface area contributed by atoms with Crippen molar-refractivity contribution in [2.45, 2.75) is 12.0 Å². The van der Waals surface area contributed by atoms with E-state index in [1.165, 1.54) is 18.2 Å². The summed E-state index contributed by atoms with van der Waals surface area (Å²) in [6, 6.07) is 20.7. The van der Waals surface area contributed by atoms with Gasteiger partial charge in [-0.25, -0.2) is 9.59 Å². The molecule has 32 heavy (non-hydrogen) atoms. The number of carboxylic acids is 3. The summed E-state index contributed by atoms with van der Waals surface area (Å²) >= 11 is 0. The van der Waals surface area contributed by atoms with Crippen LogP contribution in [0.2, 0.25) is 0 Å². The van der Waals surface area contributed by atoms with Crippen molar-refractivity contribution in [1.82, 2.24) is 5.32 Å².